The van der Waals surface area contributed by atoms with Crippen LogP contribution in [0.3, 0.4) is 0 Å². The fraction of sp³-hybridized carbons (Fsp3) is 0.833. The van der Waals surface area contributed by atoms with Gasteiger partial charge in [0.2, 0.25) is 11.8 Å². The molecule has 0 aliphatic heterocycles. The van der Waals surface area contributed by atoms with Gasteiger partial charge < -0.3 is 16.4 Å². The number of carbonyl (C=O) groups excluding carboxylic acids is 2. The number of hydrogen-bond donors (Lipinski definition) is 3. The van der Waals surface area contributed by atoms with Gasteiger partial charge in [0.25, 0.3) is 0 Å². The Morgan fingerprint density at radius 1 is 1.12 bits per heavy atom. The van der Waals surface area contributed by atoms with Crippen LogP contribution in [-0.4, -0.2) is 30.9 Å². The van der Waals surface area contributed by atoms with E-state index in [1.165, 1.54) is 0 Å². The molecule has 5 heteroatoms. The van der Waals surface area contributed by atoms with Crippen LogP contribution in [0.4, 0.5) is 0 Å². The zero-order chi connectivity index (χ0) is 13.3. The zero-order valence-electron chi connectivity index (χ0n) is 11.1. The summed E-state index contributed by atoms with van der Waals surface area (Å²) in [6.07, 6.45) is 2.20. The second-order valence-electron chi connectivity index (χ2n) is 4.72. The second-order valence-corrected chi connectivity index (χ2v) is 4.72. The molecule has 0 saturated heterocycles. The summed E-state index contributed by atoms with van der Waals surface area (Å²) in [7, 11) is 0. The SMILES string of the molecule is CC(CCN)CCC(=O)NCC(=O)NC(C)C. The van der Waals surface area contributed by atoms with Crippen molar-refractivity contribution in [2.75, 3.05) is 13.1 Å². The highest BCUT2D eigenvalue weighted by molar-refractivity contribution is 5.84. The maximum Gasteiger partial charge on any atom is 0.239 e. The van der Waals surface area contributed by atoms with Crippen LogP contribution in [0.5, 0.6) is 0 Å². The van der Waals surface area contributed by atoms with Crippen LogP contribution in [0.15, 0.2) is 0 Å². The van der Waals surface area contributed by atoms with E-state index in [0.29, 0.717) is 18.9 Å². The van der Waals surface area contributed by atoms with Gasteiger partial charge in [0, 0.05) is 12.5 Å². The number of rotatable bonds is 8. The molecule has 0 rings (SSSR count). The Kier molecular flexibility index (Phi) is 8.40. The lowest BCUT2D eigenvalue weighted by Gasteiger charge is -2.11. The lowest BCUT2D eigenvalue weighted by Crippen LogP contribution is -2.39. The van der Waals surface area contributed by atoms with Crippen LogP contribution in [0.2, 0.25) is 0 Å². The van der Waals surface area contributed by atoms with Crippen LogP contribution >= 0.6 is 0 Å². The zero-order valence-corrected chi connectivity index (χ0v) is 11.1. The molecule has 0 aromatic heterocycles. The molecule has 0 radical (unpaired) electrons. The van der Waals surface area contributed by atoms with E-state index in [-0.39, 0.29) is 24.4 Å². The monoisotopic (exact) mass is 243 g/mol. The molecule has 5 nitrogen and oxygen atoms in total. The maximum absolute atomic E-state index is 11.4. The predicted octanol–water partition coefficient (Wildman–Crippen LogP) is 0.392. The van der Waals surface area contributed by atoms with Crippen LogP contribution in [0.1, 0.15) is 40.0 Å². The summed E-state index contributed by atoms with van der Waals surface area (Å²) in [6, 6.07) is 0.101. The lowest BCUT2D eigenvalue weighted by molar-refractivity contribution is -0.126. The van der Waals surface area contributed by atoms with Gasteiger partial charge in [-0.05, 0) is 39.2 Å². The van der Waals surface area contributed by atoms with Crippen molar-refractivity contribution in [3.63, 3.8) is 0 Å². The summed E-state index contributed by atoms with van der Waals surface area (Å²) in [5.74, 6) is 0.228. The Hall–Kier alpha value is -1.10. The van der Waals surface area contributed by atoms with Gasteiger partial charge in [0.15, 0.2) is 0 Å². The molecule has 0 aromatic carbocycles. The average Bonchev–Trinajstić information content (AvgIpc) is 2.23. The first kappa shape index (κ1) is 15.9. The van der Waals surface area contributed by atoms with Crippen molar-refractivity contribution in [1.29, 1.82) is 0 Å². The van der Waals surface area contributed by atoms with E-state index in [0.717, 1.165) is 12.8 Å². The van der Waals surface area contributed by atoms with Crippen LogP contribution < -0.4 is 16.4 Å². The topological polar surface area (TPSA) is 84.2 Å². The molecule has 0 heterocycles. The highest BCUT2D eigenvalue weighted by Crippen LogP contribution is 2.08. The molecule has 0 aliphatic rings. The van der Waals surface area contributed by atoms with Gasteiger partial charge in [0.1, 0.15) is 0 Å². The standard InChI is InChI=1S/C12H25N3O2/c1-9(2)15-12(17)8-14-11(16)5-4-10(3)6-7-13/h9-10H,4-8,13H2,1-3H3,(H,14,16)(H,15,17). The minimum atomic E-state index is -0.150. The Balaban J connectivity index is 3.62. The summed E-state index contributed by atoms with van der Waals surface area (Å²) in [6.45, 7) is 6.55. The van der Waals surface area contributed by atoms with Gasteiger partial charge in [0.05, 0.1) is 6.54 Å². The van der Waals surface area contributed by atoms with Crippen molar-refractivity contribution >= 4 is 11.8 Å². The largest absolute Gasteiger partial charge is 0.352 e. The van der Waals surface area contributed by atoms with Crippen molar-refractivity contribution in [1.82, 2.24) is 10.6 Å². The first-order valence-corrected chi connectivity index (χ1v) is 6.21. The summed E-state index contributed by atoms with van der Waals surface area (Å²) in [4.78, 5) is 22.7. The van der Waals surface area contributed by atoms with Crippen molar-refractivity contribution in [2.24, 2.45) is 11.7 Å². The molecular formula is C12H25N3O2. The van der Waals surface area contributed by atoms with Gasteiger partial charge in [-0.2, -0.15) is 0 Å². The molecule has 0 aliphatic carbocycles. The highest BCUT2D eigenvalue weighted by Gasteiger charge is 2.08. The quantitative estimate of drug-likeness (QED) is 0.576. The molecule has 1 unspecified atom stereocenters. The lowest BCUT2D eigenvalue weighted by atomic mass is 10.0. The van der Waals surface area contributed by atoms with E-state index in [4.69, 9.17) is 5.73 Å². The molecule has 4 N–H and O–H groups in total. The molecular weight excluding hydrogens is 218 g/mol. The highest BCUT2D eigenvalue weighted by atomic mass is 16.2. The Labute approximate surface area is 104 Å². The third kappa shape index (κ3) is 9.81. The van der Waals surface area contributed by atoms with Gasteiger partial charge in [-0.3, -0.25) is 9.59 Å². The van der Waals surface area contributed by atoms with Gasteiger partial charge in [-0.1, -0.05) is 6.92 Å². The second kappa shape index (κ2) is 8.98. The Bertz CT molecular complexity index is 242. The molecule has 0 saturated carbocycles. The van der Waals surface area contributed by atoms with E-state index in [2.05, 4.69) is 17.6 Å². The van der Waals surface area contributed by atoms with Gasteiger partial charge >= 0.3 is 0 Å². The summed E-state index contributed by atoms with van der Waals surface area (Å²) in [5.41, 5.74) is 5.43. The molecule has 0 spiro atoms. The van der Waals surface area contributed by atoms with Gasteiger partial charge in [-0.15, -0.1) is 0 Å². The van der Waals surface area contributed by atoms with Crippen LogP contribution in [-0.2, 0) is 9.59 Å². The fourth-order valence-corrected chi connectivity index (χ4v) is 1.45. The fourth-order valence-electron chi connectivity index (χ4n) is 1.45. The smallest absolute Gasteiger partial charge is 0.239 e. The first-order chi connectivity index (χ1) is 7.95. The van der Waals surface area contributed by atoms with Crippen molar-refractivity contribution in [3.8, 4) is 0 Å². The van der Waals surface area contributed by atoms with E-state index in [1.54, 1.807) is 0 Å². The minimum absolute atomic E-state index is 0.0578. The van der Waals surface area contributed by atoms with Crippen molar-refractivity contribution in [2.45, 2.75) is 46.1 Å². The Morgan fingerprint density at radius 3 is 2.29 bits per heavy atom. The number of hydrogen-bond acceptors (Lipinski definition) is 3. The van der Waals surface area contributed by atoms with E-state index in [9.17, 15) is 9.59 Å². The molecule has 1 atom stereocenters. The van der Waals surface area contributed by atoms with Crippen molar-refractivity contribution in [3.05, 3.63) is 0 Å². The molecule has 0 bridgehead atoms. The third-order valence-corrected chi connectivity index (χ3v) is 2.42. The molecule has 100 valence electrons. The molecule has 0 aromatic rings. The predicted molar refractivity (Wildman–Crippen MR) is 68.4 cm³/mol. The van der Waals surface area contributed by atoms with E-state index in [1.807, 2.05) is 13.8 Å². The molecule has 0 fully saturated rings. The number of nitrogens with one attached hydrogen (secondary N) is 2. The molecule has 2 amide bonds. The van der Waals surface area contributed by atoms with Crippen LogP contribution in [0.25, 0.3) is 0 Å². The number of nitrogens with two attached hydrogens (primary N) is 1. The van der Waals surface area contributed by atoms with Crippen molar-refractivity contribution < 1.29 is 9.59 Å². The molecule has 17 heavy (non-hydrogen) atoms. The van der Waals surface area contributed by atoms with Gasteiger partial charge in [-0.25, -0.2) is 0 Å². The average molecular weight is 243 g/mol. The summed E-state index contributed by atoms with van der Waals surface area (Å²) < 4.78 is 0. The normalized spacial score (nSPS) is 12.3. The van der Waals surface area contributed by atoms with Crippen LogP contribution in [0, 0.1) is 5.92 Å². The maximum atomic E-state index is 11.4. The first-order valence-electron chi connectivity index (χ1n) is 6.21. The van der Waals surface area contributed by atoms with E-state index >= 15 is 0 Å². The summed E-state index contributed by atoms with van der Waals surface area (Å²) >= 11 is 0. The third-order valence-electron chi connectivity index (χ3n) is 2.42. The minimum Gasteiger partial charge on any atom is -0.352 e. The number of amides is 2. The Morgan fingerprint density at radius 2 is 1.76 bits per heavy atom. The van der Waals surface area contributed by atoms with E-state index < -0.39 is 0 Å². The number of carbonyl (C=O) groups is 2. The summed E-state index contributed by atoms with van der Waals surface area (Å²) in [5, 5.41) is 5.32.